The Morgan fingerprint density at radius 1 is 1.10 bits per heavy atom. The van der Waals surface area contributed by atoms with Gasteiger partial charge in [0.15, 0.2) is 0 Å². The number of carbonyl (C=O) groups excluding carboxylic acids is 3. The number of aliphatic hydroxyl groups excluding tert-OH is 1. The molecule has 5 unspecified atom stereocenters. The van der Waals surface area contributed by atoms with E-state index in [0.29, 0.717) is 5.69 Å². The molecule has 1 aromatic heterocycles. The maximum Gasteiger partial charge on any atom is 0.327 e. The van der Waals surface area contributed by atoms with Crippen LogP contribution in [0.5, 0.6) is 0 Å². The van der Waals surface area contributed by atoms with Crippen LogP contribution in [0.1, 0.15) is 26.5 Å². The van der Waals surface area contributed by atoms with Gasteiger partial charge < -0.3 is 36.9 Å². The van der Waals surface area contributed by atoms with Crippen LogP contribution in [0.2, 0.25) is 0 Å². The minimum Gasteiger partial charge on any atom is -0.480 e. The van der Waals surface area contributed by atoms with Crippen LogP contribution in [0.4, 0.5) is 0 Å². The number of nitrogens with one attached hydrogen (secondary N) is 4. The molecule has 0 radical (unpaired) electrons. The summed E-state index contributed by atoms with van der Waals surface area (Å²) >= 11 is 3.86. The Labute approximate surface area is 185 Å². The highest BCUT2D eigenvalue weighted by Crippen LogP contribution is 2.05. The molecular weight excluding hydrogens is 428 g/mol. The van der Waals surface area contributed by atoms with Gasteiger partial charge in [0.25, 0.3) is 0 Å². The molecule has 174 valence electrons. The van der Waals surface area contributed by atoms with E-state index in [-0.39, 0.29) is 18.1 Å². The lowest BCUT2D eigenvalue weighted by Crippen LogP contribution is -2.60. The zero-order valence-corrected chi connectivity index (χ0v) is 18.4. The first-order chi connectivity index (χ1) is 14.5. The molecule has 8 N–H and O–H groups in total. The number of rotatable bonds is 12. The predicted octanol–water partition coefficient (Wildman–Crippen LogP) is -2.21. The minimum absolute atomic E-state index is 0.0188. The molecule has 0 saturated heterocycles. The highest BCUT2D eigenvalue weighted by molar-refractivity contribution is 7.80. The number of carboxylic acids is 1. The van der Waals surface area contributed by atoms with E-state index in [1.807, 2.05) is 0 Å². The normalized spacial score (nSPS) is 16.0. The molecule has 0 aromatic carbocycles. The molecule has 0 saturated carbocycles. The second-order valence-corrected chi connectivity index (χ2v) is 7.79. The summed E-state index contributed by atoms with van der Waals surface area (Å²) in [5.74, 6) is -3.92. The Hall–Kier alpha value is -2.64. The average Bonchev–Trinajstić information content (AvgIpc) is 3.20. The zero-order valence-electron chi connectivity index (χ0n) is 17.5. The highest BCUT2D eigenvalue weighted by Gasteiger charge is 2.33. The largest absolute Gasteiger partial charge is 0.480 e. The number of carboxylic acid groups (broad SMARTS) is 1. The maximum absolute atomic E-state index is 12.9. The second-order valence-electron chi connectivity index (χ2n) is 7.42. The number of H-pyrrole nitrogens is 1. The molecule has 0 aliphatic carbocycles. The first-order valence-electron chi connectivity index (χ1n) is 9.63. The number of aromatic nitrogens is 2. The molecule has 1 aromatic rings. The van der Waals surface area contributed by atoms with E-state index in [1.54, 1.807) is 13.8 Å². The summed E-state index contributed by atoms with van der Waals surface area (Å²) in [5.41, 5.74) is 6.39. The topological polar surface area (TPSA) is 200 Å². The van der Waals surface area contributed by atoms with Gasteiger partial charge in [0.1, 0.15) is 18.1 Å². The molecule has 0 bridgehead atoms. The Bertz CT molecular complexity index is 757. The summed E-state index contributed by atoms with van der Waals surface area (Å²) in [6.45, 7) is 4.77. The number of hydrogen-bond acceptors (Lipinski definition) is 8. The van der Waals surface area contributed by atoms with Gasteiger partial charge in [-0.1, -0.05) is 13.8 Å². The number of amides is 3. The number of nitrogens with zero attached hydrogens (tertiary/aromatic N) is 1. The summed E-state index contributed by atoms with van der Waals surface area (Å²) < 4.78 is 0. The van der Waals surface area contributed by atoms with Crippen LogP contribution >= 0.6 is 12.6 Å². The fourth-order valence-electron chi connectivity index (χ4n) is 2.50. The summed E-state index contributed by atoms with van der Waals surface area (Å²) in [4.78, 5) is 55.5. The van der Waals surface area contributed by atoms with Crippen molar-refractivity contribution in [3.05, 3.63) is 18.2 Å². The van der Waals surface area contributed by atoms with E-state index in [2.05, 4.69) is 38.5 Å². The van der Waals surface area contributed by atoms with Crippen LogP contribution in [-0.4, -0.2) is 79.9 Å². The number of imidazole rings is 1. The smallest absolute Gasteiger partial charge is 0.327 e. The standard InChI is InChI=1S/C18H30N6O6S/c1-8(2)13(19)16(27)22-11(4-10-5-20-7-21-10)15(26)24-14(9(3)25)17(28)23-12(6-31)18(29)30/h5,7-9,11-14,25,31H,4,6,19H2,1-3H3,(H,20,21)(H,22,27)(H,23,28)(H,24,26)(H,29,30). The van der Waals surface area contributed by atoms with Gasteiger partial charge in [0, 0.05) is 24.1 Å². The van der Waals surface area contributed by atoms with E-state index in [1.165, 1.54) is 19.4 Å². The van der Waals surface area contributed by atoms with Gasteiger partial charge in [-0.3, -0.25) is 14.4 Å². The van der Waals surface area contributed by atoms with Crippen molar-refractivity contribution in [1.82, 2.24) is 25.9 Å². The van der Waals surface area contributed by atoms with E-state index in [0.717, 1.165) is 0 Å². The molecule has 3 amide bonds. The van der Waals surface area contributed by atoms with Gasteiger partial charge in [-0.05, 0) is 12.8 Å². The van der Waals surface area contributed by atoms with Crippen molar-refractivity contribution in [2.24, 2.45) is 11.7 Å². The van der Waals surface area contributed by atoms with E-state index < -0.39 is 54.0 Å². The van der Waals surface area contributed by atoms with Crippen molar-refractivity contribution >= 4 is 36.3 Å². The lowest BCUT2D eigenvalue weighted by atomic mass is 10.0. The highest BCUT2D eigenvalue weighted by atomic mass is 32.1. The van der Waals surface area contributed by atoms with Crippen LogP contribution in [0.3, 0.4) is 0 Å². The zero-order chi connectivity index (χ0) is 23.7. The van der Waals surface area contributed by atoms with Gasteiger partial charge in [0.2, 0.25) is 17.7 Å². The summed E-state index contributed by atoms with van der Waals surface area (Å²) in [5, 5.41) is 26.1. The van der Waals surface area contributed by atoms with Crippen LogP contribution < -0.4 is 21.7 Å². The first-order valence-corrected chi connectivity index (χ1v) is 10.3. The lowest BCUT2D eigenvalue weighted by Gasteiger charge is -2.26. The van der Waals surface area contributed by atoms with Crippen molar-refractivity contribution in [2.75, 3.05) is 5.75 Å². The SMILES string of the molecule is CC(C)C(N)C(=O)NC(Cc1cnc[nH]1)C(=O)NC(C(=O)NC(CS)C(=O)O)C(C)O. The van der Waals surface area contributed by atoms with Gasteiger partial charge in [-0.15, -0.1) is 0 Å². The Morgan fingerprint density at radius 3 is 2.16 bits per heavy atom. The first kappa shape index (κ1) is 26.4. The fraction of sp³-hybridized carbons (Fsp3) is 0.611. The number of aliphatic hydroxyl groups is 1. The van der Waals surface area contributed by atoms with Crippen LogP contribution in [-0.2, 0) is 25.6 Å². The molecule has 1 heterocycles. The molecule has 0 aliphatic rings. The quantitative estimate of drug-likeness (QED) is 0.161. The number of aromatic amines is 1. The molecule has 0 aliphatic heterocycles. The van der Waals surface area contributed by atoms with E-state index in [4.69, 9.17) is 10.8 Å². The van der Waals surface area contributed by atoms with Crippen molar-refractivity contribution in [3.8, 4) is 0 Å². The van der Waals surface area contributed by atoms with Gasteiger partial charge in [-0.2, -0.15) is 12.6 Å². The maximum atomic E-state index is 12.9. The molecule has 13 heteroatoms. The average molecular weight is 459 g/mol. The van der Waals surface area contributed by atoms with E-state index >= 15 is 0 Å². The van der Waals surface area contributed by atoms with Crippen LogP contribution in [0.25, 0.3) is 0 Å². The van der Waals surface area contributed by atoms with Crippen molar-refractivity contribution in [3.63, 3.8) is 0 Å². The third kappa shape index (κ3) is 8.19. The number of nitrogens with two attached hydrogens (primary N) is 1. The van der Waals surface area contributed by atoms with Gasteiger partial charge >= 0.3 is 5.97 Å². The molecule has 31 heavy (non-hydrogen) atoms. The molecule has 0 spiro atoms. The minimum atomic E-state index is -1.46. The van der Waals surface area contributed by atoms with Crippen LogP contribution in [0.15, 0.2) is 12.5 Å². The fourth-order valence-corrected chi connectivity index (χ4v) is 2.75. The number of hydrogen-bond donors (Lipinski definition) is 8. The predicted molar refractivity (Wildman–Crippen MR) is 114 cm³/mol. The third-order valence-electron chi connectivity index (χ3n) is 4.49. The molecule has 12 nitrogen and oxygen atoms in total. The van der Waals surface area contributed by atoms with Crippen molar-refractivity contribution < 1.29 is 29.4 Å². The summed E-state index contributed by atoms with van der Waals surface area (Å²) in [7, 11) is 0. The number of carbonyl (C=O) groups is 4. The molecular formula is C18H30N6O6S. The number of aliphatic carboxylic acids is 1. The summed E-state index contributed by atoms with van der Waals surface area (Å²) in [6, 6.07) is -4.76. The summed E-state index contributed by atoms with van der Waals surface area (Å²) in [6.07, 6.45) is 1.55. The number of thiol groups is 1. The van der Waals surface area contributed by atoms with E-state index in [9.17, 15) is 24.3 Å². The van der Waals surface area contributed by atoms with Crippen molar-refractivity contribution in [2.45, 2.75) is 57.5 Å². The van der Waals surface area contributed by atoms with Crippen molar-refractivity contribution in [1.29, 1.82) is 0 Å². The Balaban J connectivity index is 3.00. The Morgan fingerprint density at radius 2 is 1.71 bits per heavy atom. The molecule has 1 rings (SSSR count). The van der Waals surface area contributed by atoms with Crippen LogP contribution in [0, 0.1) is 5.92 Å². The van der Waals surface area contributed by atoms with Gasteiger partial charge in [0.05, 0.1) is 18.5 Å². The monoisotopic (exact) mass is 458 g/mol. The Kier molecular flexibility index (Phi) is 10.4. The molecule has 5 atom stereocenters. The molecule has 0 fully saturated rings. The van der Waals surface area contributed by atoms with Gasteiger partial charge in [-0.25, -0.2) is 9.78 Å². The second kappa shape index (κ2) is 12.3. The third-order valence-corrected chi connectivity index (χ3v) is 4.86. The lowest BCUT2D eigenvalue weighted by molar-refractivity contribution is -0.142.